The van der Waals surface area contributed by atoms with Gasteiger partial charge in [0.2, 0.25) is 0 Å². The molecule has 36 heavy (non-hydrogen) atoms. The summed E-state index contributed by atoms with van der Waals surface area (Å²) >= 11 is 0. The molecule has 2 amide bonds. The van der Waals surface area contributed by atoms with Gasteiger partial charge in [-0.05, 0) is 62.4 Å². The third kappa shape index (κ3) is 4.95. The fraction of sp³-hybridized carbons (Fsp3) is 0.222. The number of urea groups is 1. The summed E-state index contributed by atoms with van der Waals surface area (Å²) in [4.78, 5) is 17.0. The van der Waals surface area contributed by atoms with E-state index >= 15 is 0 Å². The summed E-state index contributed by atoms with van der Waals surface area (Å²) in [6.45, 7) is 5.15. The zero-order valence-electron chi connectivity index (χ0n) is 19.9. The van der Waals surface area contributed by atoms with Crippen molar-refractivity contribution in [3.05, 3.63) is 84.4 Å². The monoisotopic (exact) mass is 509 g/mol. The van der Waals surface area contributed by atoms with E-state index in [0.717, 1.165) is 22.2 Å². The van der Waals surface area contributed by atoms with Crippen LogP contribution in [-0.2, 0) is 0 Å². The normalized spacial score (nSPS) is 17.6. The van der Waals surface area contributed by atoms with E-state index in [1.165, 1.54) is 24.3 Å². The molecule has 0 spiro atoms. The Balaban J connectivity index is 0.00000304. The Labute approximate surface area is 214 Å². The predicted octanol–water partition coefficient (Wildman–Crippen LogP) is 6.13. The Bertz CT molecular complexity index is 1360. The van der Waals surface area contributed by atoms with Crippen molar-refractivity contribution >= 4 is 40.7 Å². The fourth-order valence-electron chi connectivity index (χ4n) is 4.76. The number of halogens is 3. The van der Waals surface area contributed by atoms with Crippen molar-refractivity contribution in [2.75, 3.05) is 23.3 Å². The molecule has 1 aliphatic rings. The molecule has 3 aromatic carbocycles. The van der Waals surface area contributed by atoms with Gasteiger partial charge < -0.3 is 15.1 Å². The number of benzene rings is 3. The second-order valence-corrected chi connectivity index (χ2v) is 8.87. The lowest BCUT2D eigenvalue weighted by atomic mass is 10.0. The second-order valence-electron chi connectivity index (χ2n) is 8.87. The van der Waals surface area contributed by atoms with Crippen molar-refractivity contribution in [3.8, 4) is 11.3 Å². The van der Waals surface area contributed by atoms with E-state index in [2.05, 4.69) is 20.4 Å². The fourth-order valence-corrected chi connectivity index (χ4v) is 4.76. The minimum Gasteiger partial charge on any atom is -0.351 e. The maximum absolute atomic E-state index is 13.4. The molecule has 1 saturated heterocycles. The lowest BCUT2D eigenvalue weighted by Gasteiger charge is -2.44. The molecule has 9 heteroatoms. The second kappa shape index (κ2) is 10.5. The topological polar surface area (TPSA) is 61.4 Å². The number of hydrogen-bond donors (Lipinski definition) is 1. The van der Waals surface area contributed by atoms with Gasteiger partial charge in [0.15, 0.2) is 5.82 Å². The first-order valence-corrected chi connectivity index (χ1v) is 11.5. The molecule has 186 valence electrons. The molecule has 0 radical (unpaired) electrons. The number of nitrogens with one attached hydrogen (secondary N) is 1. The Morgan fingerprint density at radius 2 is 1.39 bits per heavy atom. The highest BCUT2D eigenvalue weighted by molar-refractivity contribution is 6.00. The van der Waals surface area contributed by atoms with E-state index < -0.39 is 0 Å². The zero-order valence-corrected chi connectivity index (χ0v) is 20.7. The Morgan fingerprint density at radius 3 is 2.00 bits per heavy atom. The van der Waals surface area contributed by atoms with Gasteiger partial charge in [0.1, 0.15) is 17.3 Å². The number of piperazine rings is 1. The molecule has 2 heterocycles. The lowest BCUT2D eigenvalue weighted by molar-refractivity contribution is 0.153. The van der Waals surface area contributed by atoms with Crippen LogP contribution in [0.1, 0.15) is 13.8 Å². The van der Waals surface area contributed by atoms with Crippen molar-refractivity contribution in [3.63, 3.8) is 0 Å². The molecule has 6 nitrogen and oxygen atoms in total. The third-order valence-corrected chi connectivity index (χ3v) is 6.33. The molecule has 1 N–H and O–H groups in total. The smallest absolute Gasteiger partial charge is 0.322 e. The van der Waals surface area contributed by atoms with Gasteiger partial charge >= 0.3 is 6.03 Å². The molecule has 5 rings (SSSR count). The third-order valence-electron chi connectivity index (χ3n) is 6.33. The molecule has 0 bridgehead atoms. The van der Waals surface area contributed by atoms with E-state index in [0.29, 0.717) is 24.5 Å². The number of fused-ring (bicyclic) bond motifs is 1. The van der Waals surface area contributed by atoms with Gasteiger partial charge in [0.05, 0.1) is 0 Å². The van der Waals surface area contributed by atoms with Crippen LogP contribution in [0.5, 0.6) is 0 Å². The number of nitrogens with zero attached hydrogens (tertiary/aromatic N) is 4. The predicted molar refractivity (Wildman–Crippen MR) is 141 cm³/mol. The summed E-state index contributed by atoms with van der Waals surface area (Å²) in [5.41, 5.74) is 2.04. The van der Waals surface area contributed by atoms with Gasteiger partial charge in [-0.1, -0.05) is 24.3 Å². The van der Waals surface area contributed by atoms with Gasteiger partial charge in [0, 0.05) is 47.2 Å². The Kier molecular flexibility index (Phi) is 7.35. The molecule has 1 aromatic heterocycles. The van der Waals surface area contributed by atoms with Crippen LogP contribution < -0.4 is 10.2 Å². The average Bonchev–Trinajstić information content (AvgIpc) is 2.85. The lowest BCUT2D eigenvalue weighted by Crippen LogP contribution is -2.60. The highest BCUT2D eigenvalue weighted by atomic mass is 35.5. The molecule has 0 unspecified atom stereocenters. The standard InChI is InChI=1S/C27H25F2N5O.ClH/c1-17-15-33(16-18(2)34(17)27(35)30-22-13-11-21(29)12-14-22)26-24-6-4-3-5-23(24)25(31-32-26)19-7-9-20(28)10-8-19;/h3-14,17-18H,15-16H2,1-2H3,(H,30,35);1H/t17-,18+;. The number of carbonyl (C=O) groups excluding carboxylic acids is 1. The van der Waals surface area contributed by atoms with E-state index in [9.17, 15) is 13.6 Å². The van der Waals surface area contributed by atoms with Crippen LogP contribution in [0.2, 0.25) is 0 Å². The van der Waals surface area contributed by atoms with Crippen molar-refractivity contribution < 1.29 is 13.6 Å². The van der Waals surface area contributed by atoms with E-state index in [-0.39, 0.29) is 42.2 Å². The molecule has 1 fully saturated rings. The molecular formula is C27H26ClF2N5O. The van der Waals surface area contributed by atoms with Gasteiger partial charge in [0.25, 0.3) is 0 Å². The maximum Gasteiger partial charge on any atom is 0.322 e. The summed E-state index contributed by atoms with van der Waals surface area (Å²) in [5.74, 6) is 0.104. The van der Waals surface area contributed by atoms with Gasteiger partial charge in [-0.3, -0.25) is 0 Å². The highest BCUT2D eigenvalue weighted by Crippen LogP contribution is 2.33. The van der Waals surface area contributed by atoms with E-state index in [1.807, 2.05) is 43.0 Å². The quantitative estimate of drug-likeness (QED) is 0.361. The number of amides is 2. The largest absolute Gasteiger partial charge is 0.351 e. The summed E-state index contributed by atoms with van der Waals surface area (Å²) in [6.07, 6.45) is 0. The molecule has 0 saturated carbocycles. The maximum atomic E-state index is 13.4. The molecule has 1 aliphatic heterocycles. The minimum absolute atomic E-state index is 0. The summed E-state index contributed by atoms with van der Waals surface area (Å²) in [6, 6.07) is 19.4. The van der Waals surface area contributed by atoms with Crippen molar-refractivity contribution in [1.29, 1.82) is 0 Å². The van der Waals surface area contributed by atoms with Gasteiger partial charge in [-0.15, -0.1) is 22.6 Å². The number of carbonyl (C=O) groups is 1. The van der Waals surface area contributed by atoms with E-state index in [4.69, 9.17) is 0 Å². The van der Waals surface area contributed by atoms with Crippen LogP contribution in [-0.4, -0.2) is 46.3 Å². The Hall–Kier alpha value is -3.78. The van der Waals surface area contributed by atoms with Crippen LogP contribution in [0.3, 0.4) is 0 Å². The van der Waals surface area contributed by atoms with Crippen molar-refractivity contribution in [2.24, 2.45) is 0 Å². The van der Waals surface area contributed by atoms with Crippen molar-refractivity contribution in [1.82, 2.24) is 15.1 Å². The summed E-state index contributed by atoms with van der Waals surface area (Å²) < 4.78 is 26.6. The van der Waals surface area contributed by atoms with Crippen LogP contribution in [0.4, 0.5) is 25.1 Å². The van der Waals surface area contributed by atoms with Crippen molar-refractivity contribution in [2.45, 2.75) is 25.9 Å². The average molecular weight is 510 g/mol. The van der Waals surface area contributed by atoms with Gasteiger partial charge in [-0.25, -0.2) is 13.6 Å². The van der Waals surface area contributed by atoms with Crippen LogP contribution in [0.25, 0.3) is 22.0 Å². The summed E-state index contributed by atoms with van der Waals surface area (Å²) in [5, 5.41) is 13.8. The first kappa shape index (κ1) is 25.3. The molecule has 2 atom stereocenters. The number of rotatable bonds is 3. The molecular weight excluding hydrogens is 484 g/mol. The first-order valence-electron chi connectivity index (χ1n) is 11.5. The minimum atomic E-state index is -0.350. The molecule has 0 aliphatic carbocycles. The number of hydrogen-bond acceptors (Lipinski definition) is 4. The molecule has 4 aromatic rings. The van der Waals surface area contributed by atoms with E-state index in [1.54, 1.807) is 24.3 Å². The number of anilines is 2. The Morgan fingerprint density at radius 1 is 0.833 bits per heavy atom. The van der Waals surface area contributed by atoms with Crippen LogP contribution in [0.15, 0.2) is 72.8 Å². The summed E-state index contributed by atoms with van der Waals surface area (Å²) in [7, 11) is 0. The van der Waals surface area contributed by atoms with Gasteiger partial charge in [-0.2, -0.15) is 0 Å². The highest BCUT2D eigenvalue weighted by Gasteiger charge is 2.34. The number of aromatic nitrogens is 2. The van der Waals surface area contributed by atoms with Crippen LogP contribution in [0, 0.1) is 11.6 Å². The SMILES string of the molecule is C[C@@H]1CN(c2nnc(-c3ccc(F)cc3)c3ccccc23)C[C@H](C)N1C(=O)Nc1ccc(F)cc1.Cl. The first-order chi connectivity index (χ1) is 16.9. The zero-order chi connectivity index (χ0) is 24.5. The van der Waals surface area contributed by atoms with Crippen LogP contribution >= 0.6 is 12.4 Å².